The standard InChI is InChI=1S/C19H30N6O2/c1-4-5-8-25-17(13-24-12-14(2)18(26)21-19(24)27)20-16(22-25)11-15-6-9-23(3)10-7-15/h12,15H,4-11,13H2,1-3H3,(H,21,26,27). The third-order valence-electron chi connectivity index (χ3n) is 5.33. The summed E-state index contributed by atoms with van der Waals surface area (Å²) in [6.07, 6.45) is 6.92. The quantitative estimate of drug-likeness (QED) is 0.786. The number of H-pyrrole nitrogens is 1. The smallest absolute Gasteiger partial charge is 0.306 e. The van der Waals surface area contributed by atoms with Gasteiger partial charge in [0.05, 0.1) is 6.54 Å². The van der Waals surface area contributed by atoms with Crippen LogP contribution in [-0.4, -0.2) is 49.4 Å². The normalized spacial score (nSPS) is 16.1. The van der Waals surface area contributed by atoms with E-state index < -0.39 is 5.69 Å². The van der Waals surface area contributed by atoms with Crippen molar-refractivity contribution in [1.29, 1.82) is 0 Å². The molecule has 0 spiro atoms. The number of hydrogen-bond donors (Lipinski definition) is 1. The predicted octanol–water partition coefficient (Wildman–Crippen LogP) is 1.17. The molecule has 0 unspecified atom stereocenters. The van der Waals surface area contributed by atoms with Crippen LogP contribution in [0.1, 0.15) is 49.8 Å². The number of hydrogen-bond acceptors (Lipinski definition) is 5. The molecule has 0 bridgehead atoms. The van der Waals surface area contributed by atoms with Crippen LogP contribution < -0.4 is 11.2 Å². The number of nitrogens with zero attached hydrogens (tertiary/aromatic N) is 5. The Labute approximate surface area is 159 Å². The van der Waals surface area contributed by atoms with Crippen LogP contribution in [0.3, 0.4) is 0 Å². The van der Waals surface area contributed by atoms with E-state index in [2.05, 4.69) is 23.9 Å². The van der Waals surface area contributed by atoms with Gasteiger partial charge in [-0.2, -0.15) is 5.10 Å². The van der Waals surface area contributed by atoms with Crippen molar-refractivity contribution >= 4 is 0 Å². The van der Waals surface area contributed by atoms with Crippen LogP contribution in [-0.2, 0) is 19.5 Å². The molecule has 2 aromatic heterocycles. The van der Waals surface area contributed by atoms with E-state index in [1.165, 1.54) is 17.4 Å². The Morgan fingerprint density at radius 2 is 2.00 bits per heavy atom. The molecule has 0 radical (unpaired) electrons. The highest BCUT2D eigenvalue weighted by molar-refractivity contribution is 5.03. The predicted molar refractivity (Wildman–Crippen MR) is 104 cm³/mol. The lowest BCUT2D eigenvalue weighted by Crippen LogP contribution is -2.31. The molecule has 1 saturated heterocycles. The summed E-state index contributed by atoms with van der Waals surface area (Å²) in [5.41, 5.74) is -0.236. The van der Waals surface area contributed by atoms with Gasteiger partial charge in [-0.05, 0) is 52.2 Å². The second kappa shape index (κ2) is 8.65. The third-order valence-corrected chi connectivity index (χ3v) is 5.33. The van der Waals surface area contributed by atoms with Gasteiger partial charge in [0.1, 0.15) is 5.82 Å². The average molecular weight is 374 g/mol. The maximum absolute atomic E-state index is 12.1. The lowest BCUT2D eigenvalue weighted by Gasteiger charge is -2.28. The van der Waals surface area contributed by atoms with E-state index >= 15 is 0 Å². The topological polar surface area (TPSA) is 88.8 Å². The van der Waals surface area contributed by atoms with Crippen molar-refractivity contribution in [3.63, 3.8) is 0 Å². The fraction of sp³-hybridized carbons (Fsp3) is 0.684. The molecule has 1 N–H and O–H groups in total. The van der Waals surface area contributed by atoms with Gasteiger partial charge in [-0.25, -0.2) is 14.5 Å². The van der Waals surface area contributed by atoms with Gasteiger partial charge < -0.3 is 4.90 Å². The van der Waals surface area contributed by atoms with Gasteiger partial charge in [0.2, 0.25) is 0 Å². The van der Waals surface area contributed by atoms with E-state index in [-0.39, 0.29) is 5.56 Å². The number of piperidine rings is 1. The average Bonchev–Trinajstić information content (AvgIpc) is 3.01. The summed E-state index contributed by atoms with van der Waals surface area (Å²) >= 11 is 0. The molecule has 0 saturated carbocycles. The molecule has 0 aromatic carbocycles. The lowest BCUT2D eigenvalue weighted by molar-refractivity contribution is 0.217. The van der Waals surface area contributed by atoms with E-state index in [1.807, 2.05) is 4.68 Å². The van der Waals surface area contributed by atoms with Crippen LogP contribution in [0.4, 0.5) is 0 Å². The molecule has 3 heterocycles. The molecule has 1 aliphatic heterocycles. The molecule has 27 heavy (non-hydrogen) atoms. The molecule has 8 heteroatoms. The van der Waals surface area contributed by atoms with Crippen molar-refractivity contribution in [3.05, 3.63) is 44.2 Å². The Kier molecular flexibility index (Phi) is 6.26. The second-order valence-electron chi connectivity index (χ2n) is 7.67. The third kappa shape index (κ3) is 4.94. The largest absolute Gasteiger partial charge is 0.328 e. The first-order valence-electron chi connectivity index (χ1n) is 9.87. The second-order valence-corrected chi connectivity index (χ2v) is 7.67. The molecule has 0 aliphatic carbocycles. The van der Waals surface area contributed by atoms with Crippen LogP contribution >= 0.6 is 0 Å². The lowest BCUT2D eigenvalue weighted by atomic mass is 9.94. The number of rotatable bonds is 7. The molecule has 3 rings (SSSR count). The molecule has 148 valence electrons. The Bertz CT molecular complexity index is 873. The monoisotopic (exact) mass is 374 g/mol. The molecular formula is C19H30N6O2. The van der Waals surface area contributed by atoms with Gasteiger partial charge in [0.25, 0.3) is 5.56 Å². The number of likely N-dealkylation sites (tertiary alicyclic amines) is 1. The Morgan fingerprint density at radius 3 is 2.70 bits per heavy atom. The van der Waals surface area contributed by atoms with Crippen molar-refractivity contribution in [3.8, 4) is 0 Å². The number of aromatic nitrogens is 5. The fourth-order valence-corrected chi connectivity index (χ4v) is 3.53. The van der Waals surface area contributed by atoms with E-state index in [0.717, 1.165) is 50.5 Å². The summed E-state index contributed by atoms with van der Waals surface area (Å²) in [5.74, 6) is 2.26. The van der Waals surface area contributed by atoms with E-state index in [0.29, 0.717) is 18.0 Å². The maximum Gasteiger partial charge on any atom is 0.328 e. The Morgan fingerprint density at radius 1 is 1.26 bits per heavy atom. The number of nitrogens with one attached hydrogen (secondary N) is 1. The molecule has 8 nitrogen and oxygen atoms in total. The zero-order valence-corrected chi connectivity index (χ0v) is 16.6. The van der Waals surface area contributed by atoms with Crippen molar-refractivity contribution in [2.75, 3.05) is 20.1 Å². The van der Waals surface area contributed by atoms with Gasteiger partial charge >= 0.3 is 5.69 Å². The van der Waals surface area contributed by atoms with Gasteiger partial charge in [-0.1, -0.05) is 13.3 Å². The number of unbranched alkanes of at least 4 members (excludes halogenated alkanes) is 1. The fourth-order valence-electron chi connectivity index (χ4n) is 3.53. The Balaban J connectivity index is 1.80. The SMILES string of the molecule is CCCCn1nc(CC2CCN(C)CC2)nc1Cn1cc(C)c(=O)[nH]c1=O. The van der Waals surface area contributed by atoms with E-state index in [1.54, 1.807) is 13.1 Å². The highest BCUT2D eigenvalue weighted by Crippen LogP contribution is 2.20. The molecule has 1 fully saturated rings. The van der Waals surface area contributed by atoms with Crippen molar-refractivity contribution < 1.29 is 0 Å². The zero-order valence-electron chi connectivity index (χ0n) is 16.6. The highest BCUT2D eigenvalue weighted by Gasteiger charge is 2.20. The molecular weight excluding hydrogens is 344 g/mol. The van der Waals surface area contributed by atoms with E-state index in [9.17, 15) is 9.59 Å². The summed E-state index contributed by atoms with van der Waals surface area (Å²) in [6.45, 7) is 7.21. The molecule has 2 aromatic rings. The minimum atomic E-state index is -0.410. The van der Waals surface area contributed by atoms with Crippen molar-refractivity contribution in [2.45, 2.75) is 59.0 Å². The summed E-state index contributed by atoms with van der Waals surface area (Å²) < 4.78 is 3.43. The van der Waals surface area contributed by atoms with Crippen LogP contribution in [0.2, 0.25) is 0 Å². The summed E-state index contributed by atoms with van der Waals surface area (Å²) in [5, 5.41) is 4.73. The highest BCUT2D eigenvalue weighted by atomic mass is 16.2. The molecule has 0 amide bonds. The summed E-state index contributed by atoms with van der Waals surface area (Å²) in [6, 6.07) is 0. The first kappa shape index (κ1) is 19.5. The van der Waals surface area contributed by atoms with Crippen LogP contribution in [0.25, 0.3) is 0 Å². The first-order valence-corrected chi connectivity index (χ1v) is 9.87. The Hall–Kier alpha value is -2.22. The first-order chi connectivity index (χ1) is 13.0. The minimum absolute atomic E-state index is 0.320. The van der Waals surface area contributed by atoms with Gasteiger partial charge in [-0.3, -0.25) is 14.3 Å². The van der Waals surface area contributed by atoms with Crippen molar-refractivity contribution in [2.24, 2.45) is 5.92 Å². The van der Waals surface area contributed by atoms with Crippen LogP contribution in [0, 0.1) is 12.8 Å². The summed E-state index contributed by atoms with van der Waals surface area (Å²) in [7, 11) is 2.16. The van der Waals surface area contributed by atoms with Crippen LogP contribution in [0.15, 0.2) is 15.8 Å². The molecule has 1 aliphatic rings. The summed E-state index contributed by atoms with van der Waals surface area (Å²) in [4.78, 5) is 33.2. The zero-order chi connectivity index (χ0) is 19.4. The molecule has 0 atom stereocenters. The maximum atomic E-state index is 12.1. The van der Waals surface area contributed by atoms with Gasteiger partial charge in [-0.15, -0.1) is 0 Å². The van der Waals surface area contributed by atoms with Crippen LogP contribution in [0.5, 0.6) is 0 Å². The van der Waals surface area contributed by atoms with E-state index in [4.69, 9.17) is 10.1 Å². The number of aromatic amines is 1. The van der Waals surface area contributed by atoms with Crippen molar-refractivity contribution in [1.82, 2.24) is 29.2 Å². The number of aryl methyl sites for hydroxylation is 2. The van der Waals surface area contributed by atoms with Gasteiger partial charge in [0.15, 0.2) is 5.82 Å². The minimum Gasteiger partial charge on any atom is -0.306 e. The van der Waals surface area contributed by atoms with Gasteiger partial charge in [0, 0.05) is 24.7 Å².